The molecular formula is C20H24O. The Labute approximate surface area is 127 Å². The second-order valence-electron chi connectivity index (χ2n) is 6.29. The first-order valence-corrected chi connectivity index (χ1v) is 8.04. The number of rotatable bonds is 5. The van der Waals surface area contributed by atoms with Gasteiger partial charge in [0.05, 0.1) is 6.61 Å². The normalized spacial score (nSPS) is 16.5. The van der Waals surface area contributed by atoms with E-state index in [4.69, 9.17) is 0 Å². The fourth-order valence-corrected chi connectivity index (χ4v) is 3.61. The highest BCUT2D eigenvalue weighted by Gasteiger charge is 2.30. The van der Waals surface area contributed by atoms with Crippen molar-refractivity contribution in [2.45, 2.75) is 44.4 Å². The van der Waals surface area contributed by atoms with Crippen molar-refractivity contribution in [1.29, 1.82) is 0 Å². The van der Waals surface area contributed by atoms with Gasteiger partial charge in [0, 0.05) is 5.41 Å². The number of aliphatic hydroxyl groups excluding tert-OH is 1. The lowest BCUT2D eigenvalue weighted by Crippen LogP contribution is -2.32. The Hall–Kier alpha value is -1.60. The minimum absolute atomic E-state index is 0.159. The monoisotopic (exact) mass is 280 g/mol. The SMILES string of the molecule is CCC(CO)(Cc1ccc2c(c1)CCC2)c1ccccc1. The highest BCUT2D eigenvalue weighted by atomic mass is 16.3. The molecule has 1 aliphatic rings. The van der Waals surface area contributed by atoms with Crippen molar-refractivity contribution in [1.82, 2.24) is 0 Å². The summed E-state index contributed by atoms with van der Waals surface area (Å²) >= 11 is 0. The van der Waals surface area contributed by atoms with Gasteiger partial charge in [0.1, 0.15) is 0 Å². The molecule has 1 nitrogen and oxygen atoms in total. The van der Waals surface area contributed by atoms with Crippen LogP contribution in [0.5, 0.6) is 0 Å². The van der Waals surface area contributed by atoms with Crippen molar-refractivity contribution in [2.75, 3.05) is 6.61 Å². The summed E-state index contributed by atoms with van der Waals surface area (Å²) in [5, 5.41) is 10.1. The molecular weight excluding hydrogens is 256 g/mol. The second-order valence-corrected chi connectivity index (χ2v) is 6.29. The van der Waals surface area contributed by atoms with E-state index in [1.165, 1.54) is 41.5 Å². The average molecular weight is 280 g/mol. The largest absolute Gasteiger partial charge is 0.395 e. The van der Waals surface area contributed by atoms with Gasteiger partial charge in [0.2, 0.25) is 0 Å². The Morgan fingerprint density at radius 2 is 1.76 bits per heavy atom. The van der Waals surface area contributed by atoms with E-state index in [-0.39, 0.29) is 12.0 Å². The van der Waals surface area contributed by atoms with Crippen molar-refractivity contribution in [3.8, 4) is 0 Å². The summed E-state index contributed by atoms with van der Waals surface area (Å²) in [6, 6.07) is 17.4. The smallest absolute Gasteiger partial charge is 0.0531 e. The van der Waals surface area contributed by atoms with Gasteiger partial charge in [0.25, 0.3) is 0 Å². The zero-order chi connectivity index (χ0) is 14.7. The molecule has 0 saturated heterocycles. The fraction of sp³-hybridized carbons (Fsp3) is 0.400. The van der Waals surface area contributed by atoms with E-state index in [0.29, 0.717) is 0 Å². The van der Waals surface area contributed by atoms with E-state index in [0.717, 1.165) is 12.8 Å². The van der Waals surface area contributed by atoms with Crippen LogP contribution >= 0.6 is 0 Å². The summed E-state index contributed by atoms with van der Waals surface area (Å²) in [6.07, 6.45) is 5.60. The molecule has 1 heteroatoms. The van der Waals surface area contributed by atoms with Crippen LogP contribution in [0.15, 0.2) is 48.5 Å². The predicted octanol–water partition coefficient (Wildman–Crippen LogP) is 4.06. The molecule has 0 saturated carbocycles. The Morgan fingerprint density at radius 1 is 1.00 bits per heavy atom. The van der Waals surface area contributed by atoms with Gasteiger partial charge < -0.3 is 5.11 Å². The first-order valence-electron chi connectivity index (χ1n) is 8.04. The van der Waals surface area contributed by atoms with Crippen LogP contribution in [0.3, 0.4) is 0 Å². The molecule has 0 aromatic heterocycles. The summed E-state index contributed by atoms with van der Waals surface area (Å²) < 4.78 is 0. The van der Waals surface area contributed by atoms with Crippen molar-refractivity contribution in [3.63, 3.8) is 0 Å². The van der Waals surface area contributed by atoms with Gasteiger partial charge in [0.15, 0.2) is 0 Å². The lowest BCUT2D eigenvalue weighted by atomic mass is 9.74. The van der Waals surface area contributed by atoms with Crippen molar-refractivity contribution in [2.24, 2.45) is 0 Å². The molecule has 0 bridgehead atoms. The molecule has 0 amide bonds. The van der Waals surface area contributed by atoms with Gasteiger partial charge >= 0.3 is 0 Å². The van der Waals surface area contributed by atoms with Gasteiger partial charge in [-0.15, -0.1) is 0 Å². The Bertz CT molecular complexity index is 596. The minimum Gasteiger partial charge on any atom is -0.395 e. The van der Waals surface area contributed by atoms with Crippen molar-refractivity contribution >= 4 is 0 Å². The molecule has 3 rings (SSSR count). The lowest BCUT2D eigenvalue weighted by molar-refractivity contribution is 0.186. The molecule has 0 radical (unpaired) electrons. The van der Waals surface area contributed by atoms with E-state index in [9.17, 15) is 5.11 Å². The summed E-state index contributed by atoms with van der Waals surface area (Å²) in [7, 11) is 0. The van der Waals surface area contributed by atoms with Crippen LogP contribution < -0.4 is 0 Å². The highest BCUT2D eigenvalue weighted by molar-refractivity contribution is 5.37. The van der Waals surface area contributed by atoms with E-state index in [1.807, 2.05) is 6.07 Å². The van der Waals surface area contributed by atoms with Crippen LogP contribution in [0.25, 0.3) is 0 Å². The Balaban J connectivity index is 1.92. The number of fused-ring (bicyclic) bond motifs is 1. The number of aliphatic hydroxyl groups is 1. The quantitative estimate of drug-likeness (QED) is 0.875. The van der Waals surface area contributed by atoms with Crippen LogP contribution in [-0.4, -0.2) is 11.7 Å². The van der Waals surface area contributed by atoms with Gasteiger partial charge in [-0.3, -0.25) is 0 Å². The maximum Gasteiger partial charge on any atom is 0.0531 e. The van der Waals surface area contributed by atoms with Gasteiger partial charge in [-0.25, -0.2) is 0 Å². The maximum absolute atomic E-state index is 10.1. The molecule has 0 fully saturated rings. The van der Waals surface area contributed by atoms with Crippen LogP contribution in [0.4, 0.5) is 0 Å². The van der Waals surface area contributed by atoms with Crippen LogP contribution in [0.2, 0.25) is 0 Å². The topological polar surface area (TPSA) is 20.2 Å². The zero-order valence-corrected chi connectivity index (χ0v) is 12.8. The molecule has 0 spiro atoms. The molecule has 0 heterocycles. The van der Waals surface area contributed by atoms with Gasteiger partial charge in [-0.05, 0) is 54.4 Å². The first kappa shape index (κ1) is 14.3. The van der Waals surface area contributed by atoms with Crippen LogP contribution in [0, 0.1) is 0 Å². The number of benzene rings is 2. The number of hydrogen-bond donors (Lipinski definition) is 1. The molecule has 2 aromatic rings. The summed E-state index contributed by atoms with van der Waals surface area (Å²) in [6.45, 7) is 2.38. The highest BCUT2D eigenvalue weighted by Crippen LogP contribution is 2.33. The zero-order valence-electron chi connectivity index (χ0n) is 12.8. The Morgan fingerprint density at radius 3 is 2.48 bits per heavy atom. The van der Waals surface area contributed by atoms with Crippen molar-refractivity contribution in [3.05, 3.63) is 70.8 Å². The lowest BCUT2D eigenvalue weighted by Gasteiger charge is -2.32. The number of hydrogen-bond acceptors (Lipinski definition) is 1. The third-order valence-corrected chi connectivity index (χ3v) is 5.07. The molecule has 2 aromatic carbocycles. The molecule has 21 heavy (non-hydrogen) atoms. The fourth-order valence-electron chi connectivity index (χ4n) is 3.61. The van der Waals surface area contributed by atoms with Crippen LogP contribution in [-0.2, 0) is 24.7 Å². The van der Waals surface area contributed by atoms with Gasteiger partial charge in [-0.2, -0.15) is 0 Å². The third-order valence-electron chi connectivity index (χ3n) is 5.07. The third kappa shape index (κ3) is 2.75. The predicted molar refractivity (Wildman–Crippen MR) is 87.7 cm³/mol. The van der Waals surface area contributed by atoms with Crippen LogP contribution in [0.1, 0.15) is 42.0 Å². The van der Waals surface area contributed by atoms with E-state index >= 15 is 0 Å². The second kappa shape index (κ2) is 6.03. The standard InChI is InChI=1S/C20H24O/c1-2-20(15-21,19-9-4-3-5-10-19)14-16-11-12-17-7-6-8-18(17)13-16/h3-5,9-13,21H,2,6-8,14-15H2,1H3. The molecule has 1 unspecified atom stereocenters. The molecule has 1 atom stereocenters. The summed E-state index contributed by atoms with van der Waals surface area (Å²) in [5.41, 5.74) is 5.48. The summed E-state index contributed by atoms with van der Waals surface area (Å²) in [5.74, 6) is 0. The van der Waals surface area contributed by atoms with Crippen molar-refractivity contribution < 1.29 is 5.11 Å². The van der Waals surface area contributed by atoms with E-state index < -0.39 is 0 Å². The van der Waals surface area contributed by atoms with Gasteiger partial charge in [-0.1, -0.05) is 55.5 Å². The first-order chi connectivity index (χ1) is 10.3. The molecule has 1 N–H and O–H groups in total. The van der Waals surface area contributed by atoms with E-state index in [2.05, 4.69) is 49.4 Å². The molecule has 0 aliphatic heterocycles. The average Bonchev–Trinajstić information content (AvgIpc) is 3.01. The summed E-state index contributed by atoms with van der Waals surface area (Å²) in [4.78, 5) is 0. The number of aryl methyl sites for hydroxylation is 2. The molecule has 110 valence electrons. The van der Waals surface area contributed by atoms with E-state index in [1.54, 1.807) is 0 Å². The molecule has 1 aliphatic carbocycles. The minimum atomic E-state index is -0.159. The Kier molecular flexibility index (Phi) is 4.12. The maximum atomic E-state index is 10.1.